The van der Waals surface area contributed by atoms with Crippen molar-refractivity contribution in [2.24, 2.45) is 0 Å². The first-order valence-corrected chi connectivity index (χ1v) is 11.7. The number of carbonyl (C=O) groups is 1. The molecule has 0 aliphatic carbocycles. The monoisotopic (exact) mass is 540 g/mol. The number of amides is 1. The molecule has 0 radical (unpaired) electrons. The average Bonchev–Trinajstić information content (AvgIpc) is 3.51. The number of pyridine rings is 1. The van der Waals surface area contributed by atoms with Crippen LogP contribution in [0.25, 0.3) is 16.7 Å². The third-order valence-electron chi connectivity index (χ3n) is 6.02. The number of piperidine rings is 1. The Bertz CT molecular complexity index is 1600. The molecule has 1 aliphatic rings. The summed E-state index contributed by atoms with van der Waals surface area (Å²) in [4.78, 5) is 25.8. The van der Waals surface area contributed by atoms with E-state index in [-0.39, 0.29) is 30.0 Å². The van der Waals surface area contributed by atoms with E-state index in [2.05, 4.69) is 35.8 Å². The number of rotatable bonds is 5. The first kappa shape index (κ1) is 24.7. The molecule has 0 bridgehead atoms. The van der Waals surface area contributed by atoms with Crippen molar-refractivity contribution in [2.75, 3.05) is 24.1 Å². The zero-order valence-electron chi connectivity index (χ0n) is 19.3. The maximum Gasteiger partial charge on any atom is 0.277 e. The quantitative estimate of drug-likeness (QED) is 0.304. The van der Waals surface area contributed by atoms with E-state index < -0.39 is 5.91 Å². The van der Waals surface area contributed by atoms with Crippen LogP contribution in [0.4, 0.5) is 11.5 Å². The van der Waals surface area contributed by atoms with Gasteiger partial charge >= 0.3 is 0 Å². The zero-order chi connectivity index (χ0) is 24.6. The summed E-state index contributed by atoms with van der Waals surface area (Å²) in [5.41, 5.74) is 7.94. The minimum absolute atomic E-state index is 0. The highest BCUT2D eigenvalue weighted by Gasteiger charge is 2.26. The van der Waals surface area contributed by atoms with Crippen molar-refractivity contribution in [3.8, 4) is 11.5 Å². The van der Waals surface area contributed by atoms with Crippen LogP contribution in [-0.4, -0.2) is 53.3 Å². The van der Waals surface area contributed by atoms with E-state index in [0.717, 1.165) is 25.9 Å². The van der Waals surface area contributed by atoms with E-state index in [1.165, 1.54) is 12.7 Å². The van der Waals surface area contributed by atoms with Gasteiger partial charge in [0, 0.05) is 24.5 Å². The predicted molar refractivity (Wildman–Crippen MR) is 141 cm³/mol. The Hall–Kier alpha value is -4.00. The first-order valence-electron chi connectivity index (χ1n) is 11.3. The summed E-state index contributed by atoms with van der Waals surface area (Å²) in [6, 6.07) is 8.54. The maximum absolute atomic E-state index is 13.3. The topological polar surface area (TPSA) is 150 Å². The Labute approximate surface area is 221 Å². The Kier molecular flexibility index (Phi) is 6.78. The van der Waals surface area contributed by atoms with Crippen LogP contribution < -0.4 is 21.1 Å². The number of nitrogen functional groups attached to an aromatic ring is 1. The fourth-order valence-corrected chi connectivity index (χ4v) is 4.51. The van der Waals surface area contributed by atoms with Crippen LogP contribution in [0.15, 0.2) is 49.2 Å². The molecule has 1 aromatic carbocycles. The van der Waals surface area contributed by atoms with Gasteiger partial charge in [-0.25, -0.2) is 24.1 Å². The molecule has 1 aliphatic heterocycles. The van der Waals surface area contributed by atoms with Gasteiger partial charge in [-0.15, -0.1) is 12.4 Å². The minimum Gasteiger partial charge on any atom is -0.456 e. The molecule has 0 saturated carbocycles. The molecule has 4 aromatic heterocycles. The molecule has 1 fully saturated rings. The number of hydrogen-bond donors (Lipinski definition) is 3. The smallest absolute Gasteiger partial charge is 0.277 e. The summed E-state index contributed by atoms with van der Waals surface area (Å²) >= 11 is 6.46. The Morgan fingerprint density at radius 3 is 2.89 bits per heavy atom. The van der Waals surface area contributed by atoms with Gasteiger partial charge in [-0.2, -0.15) is 10.2 Å². The van der Waals surface area contributed by atoms with E-state index >= 15 is 0 Å². The van der Waals surface area contributed by atoms with Gasteiger partial charge < -0.3 is 21.1 Å². The molecular formula is C23H22Cl2N10O2. The summed E-state index contributed by atoms with van der Waals surface area (Å²) in [6.45, 7) is 1.69. The van der Waals surface area contributed by atoms with Crippen LogP contribution in [0.3, 0.4) is 0 Å². The van der Waals surface area contributed by atoms with Crippen LogP contribution >= 0.6 is 24.0 Å². The van der Waals surface area contributed by atoms with Crippen LogP contribution in [0.1, 0.15) is 29.4 Å². The van der Waals surface area contributed by atoms with E-state index in [0.29, 0.717) is 38.9 Å². The number of nitrogens with one attached hydrogen (secondary N) is 2. The molecular weight excluding hydrogens is 519 g/mol. The van der Waals surface area contributed by atoms with E-state index in [1.807, 2.05) is 0 Å². The van der Waals surface area contributed by atoms with E-state index in [9.17, 15) is 4.79 Å². The van der Waals surface area contributed by atoms with Crippen LogP contribution in [0, 0.1) is 0 Å². The number of carbonyl (C=O) groups excluding carboxylic acids is 1. The lowest BCUT2D eigenvalue weighted by Crippen LogP contribution is -2.32. The zero-order valence-corrected chi connectivity index (χ0v) is 20.9. The molecule has 0 spiro atoms. The largest absolute Gasteiger partial charge is 0.456 e. The van der Waals surface area contributed by atoms with Crippen molar-refractivity contribution in [3.63, 3.8) is 0 Å². The van der Waals surface area contributed by atoms with Gasteiger partial charge in [-0.3, -0.25) is 4.79 Å². The number of fused-ring (bicyclic) bond motifs is 2. The molecule has 37 heavy (non-hydrogen) atoms. The molecule has 1 amide bonds. The Morgan fingerprint density at radius 2 is 2.08 bits per heavy atom. The van der Waals surface area contributed by atoms with Crippen molar-refractivity contribution >= 4 is 58.1 Å². The molecule has 1 saturated heterocycles. The molecule has 190 valence electrons. The second kappa shape index (κ2) is 10.2. The molecule has 14 heteroatoms. The Balaban J connectivity index is 0.00000280. The lowest BCUT2D eigenvalue weighted by atomic mass is 10.1. The van der Waals surface area contributed by atoms with Crippen molar-refractivity contribution in [2.45, 2.75) is 18.9 Å². The number of aromatic nitrogens is 7. The van der Waals surface area contributed by atoms with Gasteiger partial charge in [0.25, 0.3) is 5.91 Å². The first-order chi connectivity index (χ1) is 17.6. The SMILES string of the molecule is Cl.Nc1ncnc2c1c(C(=O)Nc1ccc(Oc3ccn4ncnc4c3)c(Cl)c1)nn2C1CCCNC1. The van der Waals surface area contributed by atoms with Crippen molar-refractivity contribution < 1.29 is 9.53 Å². The molecule has 6 rings (SSSR count). The molecule has 5 aromatic rings. The molecule has 12 nitrogen and oxygen atoms in total. The van der Waals surface area contributed by atoms with Crippen LogP contribution in [-0.2, 0) is 0 Å². The van der Waals surface area contributed by atoms with Gasteiger partial charge in [0.15, 0.2) is 17.0 Å². The minimum atomic E-state index is -0.439. The van der Waals surface area contributed by atoms with Gasteiger partial charge in [0.2, 0.25) is 0 Å². The third kappa shape index (κ3) is 4.73. The second-order valence-electron chi connectivity index (χ2n) is 8.38. The second-order valence-corrected chi connectivity index (χ2v) is 8.78. The highest BCUT2D eigenvalue weighted by molar-refractivity contribution is 6.32. The summed E-state index contributed by atoms with van der Waals surface area (Å²) < 4.78 is 9.29. The van der Waals surface area contributed by atoms with Gasteiger partial charge in [0.1, 0.15) is 30.0 Å². The highest BCUT2D eigenvalue weighted by atomic mass is 35.5. The van der Waals surface area contributed by atoms with Crippen LogP contribution in [0.5, 0.6) is 11.5 Å². The number of benzene rings is 1. The Morgan fingerprint density at radius 1 is 1.19 bits per heavy atom. The van der Waals surface area contributed by atoms with E-state index in [1.54, 1.807) is 45.7 Å². The summed E-state index contributed by atoms with van der Waals surface area (Å²) in [5.74, 6) is 0.743. The van der Waals surface area contributed by atoms with Crippen molar-refractivity contribution in [1.29, 1.82) is 0 Å². The van der Waals surface area contributed by atoms with Gasteiger partial charge in [-0.05, 0) is 43.7 Å². The number of nitrogens with two attached hydrogens (primary N) is 1. The molecule has 5 heterocycles. The number of anilines is 2. The van der Waals surface area contributed by atoms with Crippen molar-refractivity contribution in [1.82, 2.24) is 39.7 Å². The fourth-order valence-electron chi connectivity index (χ4n) is 4.29. The lowest BCUT2D eigenvalue weighted by Gasteiger charge is -2.23. The number of halogens is 2. The lowest BCUT2D eigenvalue weighted by molar-refractivity contribution is 0.102. The number of hydrogen-bond acceptors (Lipinski definition) is 9. The third-order valence-corrected chi connectivity index (χ3v) is 6.32. The highest BCUT2D eigenvalue weighted by Crippen LogP contribution is 2.33. The number of nitrogens with zero attached hydrogens (tertiary/aromatic N) is 7. The number of ether oxygens (including phenoxy) is 1. The van der Waals surface area contributed by atoms with Crippen LogP contribution in [0.2, 0.25) is 5.02 Å². The standard InChI is InChI=1S/C23H21ClN10O2.ClH/c24-16-8-13(3-4-17(16)36-15-5-7-33-18(9-15)27-12-30-33)31-23(35)20-19-21(25)28-11-29-22(19)34(32-20)14-2-1-6-26-10-14;/h3-5,7-9,11-12,14,26H,1-2,6,10H2,(H,31,35)(H2,25,28,29);1H. The normalized spacial score (nSPS) is 15.4. The molecule has 1 atom stereocenters. The predicted octanol–water partition coefficient (Wildman–Crippen LogP) is 3.50. The summed E-state index contributed by atoms with van der Waals surface area (Å²) in [7, 11) is 0. The summed E-state index contributed by atoms with van der Waals surface area (Å²) in [5, 5.41) is 15.6. The van der Waals surface area contributed by atoms with Crippen molar-refractivity contribution in [3.05, 3.63) is 59.9 Å². The van der Waals surface area contributed by atoms with Gasteiger partial charge in [0.05, 0.1) is 16.5 Å². The average molecular weight is 541 g/mol. The maximum atomic E-state index is 13.3. The fraction of sp³-hybridized carbons (Fsp3) is 0.217. The molecule has 4 N–H and O–H groups in total. The summed E-state index contributed by atoms with van der Waals surface area (Å²) in [6.07, 6.45) is 6.51. The molecule has 1 unspecified atom stereocenters. The van der Waals surface area contributed by atoms with Gasteiger partial charge in [-0.1, -0.05) is 11.6 Å². The van der Waals surface area contributed by atoms with E-state index in [4.69, 9.17) is 22.1 Å².